The summed E-state index contributed by atoms with van der Waals surface area (Å²) in [5.74, 6) is 1.69. The van der Waals surface area contributed by atoms with Crippen LogP contribution < -0.4 is 0 Å². The minimum absolute atomic E-state index is 0.487. The molecule has 16 heavy (non-hydrogen) atoms. The van der Waals surface area contributed by atoms with E-state index in [4.69, 9.17) is 4.42 Å². The van der Waals surface area contributed by atoms with Gasteiger partial charge in [0.25, 0.3) is 0 Å². The Kier molecular flexibility index (Phi) is 3.04. The van der Waals surface area contributed by atoms with E-state index in [1.165, 1.54) is 0 Å². The smallest absolute Gasteiger partial charge is 0.208 e. The van der Waals surface area contributed by atoms with E-state index in [1.54, 1.807) is 0 Å². The Morgan fingerprint density at radius 2 is 2.00 bits per heavy atom. The summed E-state index contributed by atoms with van der Waals surface area (Å²) in [5.41, 5.74) is 0.484. The average molecular weight is 224 g/mol. The van der Waals surface area contributed by atoms with Crippen molar-refractivity contribution in [2.75, 3.05) is 13.1 Å². The predicted octanol–water partition coefficient (Wildman–Crippen LogP) is 1.64. The topological polar surface area (TPSA) is 49.5 Å². The van der Waals surface area contributed by atoms with Crippen LogP contribution in [0.4, 0.5) is 0 Å². The Hall–Kier alpha value is -0.870. The molecule has 0 amide bonds. The summed E-state index contributed by atoms with van der Waals surface area (Å²) in [6.45, 7) is 8.38. The molecule has 1 aliphatic rings. The van der Waals surface area contributed by atoms with Gasteiger partial charge in [-0.25, -0.2) is 4.98 Å². The van der Waals surface area contributed by atoms with Crippen molar-refractivity contribution in [2.24, 2.45) is 0 Å². The second-order valence-corrected chi connectivity index (χ2v) is 5.02. The highest BCUT2D eigenvalue weighted by molar-refractivity contribution is 5.05. The first-order valence-electron chi connectivity index (χ1n) is 5.84. The van der Waals surface area contributed by atoms with E-state index in [9.17, 15) is 5.11 Å². The molecular weight excluding hydrogens is 204 g/mol. The number of aromatic nitrogens is 1. The van der Waals surface area contributed by atoms with Gasteiger partial charge in [-0.1, -0.05) is 0 Å². The molecule has 1 aromatic rings. The molecule has 0 spiro atoms. The minimum Gasteiger partial charge on any atom is -0.444 e. The van der Waals surface area contributed by atoms with Gasteiger partial charge in [-0.2, -0.15) is 0 Å². The Labute approximate surface area is 96.3 Å². The van der Waals surface area contributed by atoms with Crippen LogP contribution in [-0.2, 0) is 6.54 Å². The standard InChI is InChI=1S/C12H20N2O2/c1-9-10(2)16-11(13-9)8-14-6-4-12(3,15)5-7-14/h15H,4-8H2,1-3H3. The molecule has 0 bridgehead atoms. The van der Waals surface area contributed by atoms with Gasteiger partial charge >= 0.3 is 0 Å². The van der Waals surface area contributed by atoms with Crippen molar-refractivity contribution in [3.8, 4) is 0 Å². The molecule has 0 unspecified atom stereocenters. The maximum absolute atomic E-state index is 9.84. The summed E-state index contributed by atoms with van der Waals surface area (Å²) in [6.07, 6.45) is 1.65. The molecule has 0 aliphatic carbocycles. The van der Waals surface area contributed by atoms with Crippen LogP contribution in [0.5, 0.6) is 0 Å². The number of aliphatic hydroxyl groups is 1. The van der Waals surface area contributed by atoms with Crippen LogP contribution >= 0.6 is 0 Å². The van der Waals surface area contributed by atoms with Crippen molar-refractivity contribution in [1.29, 1.82) is 0 Å². The summed E-state index contributed by atoms with van der Waals surface area (Å²) < 4.78 is 5.55. The van der Waals surface area contributed by atoms with E-state index in [1.807, 2.05) is 20.8 Å². The third-order valence-corrected chi connectivity index (χ3v) is 3.36. The number of nitrogens with zero attached hydrogens (tertiary/aromatic N) is 2. The lowest BCUT2D eigenvalue weighted by molar-refractivity contribution is -0.00914. The van der Waals surface area contributed by atoms with Crippen LogP contribution in [0.3, 0.4) is 0 Å². The van der Waals surface area contributed by atoms with Crippen molar-refractivity contribution < 1.29 is 9.52 Å². The SMILES string of the molecule is Cc1nc(CN2CCC(C)(O)CC2)oc1C. The van der Waals surface area contributed by atoms with Gasteiger partial charge in [0, 0.05) is 13.1 Å². The van der Waals surface area contributed by atoms with Gasteiger partial charge < -0.3 is 9.52 Å². The molecule has 2 rings (SSSR count). The highest BCUT2D eigenvalue weighted by Gasteiger charge is 2.27. The fourth-order valence-corrected chi connectivity index (χ4v) is 1.99. The van der Waals surface area contributed by atoms with E-state index < -0.39 is 5.60 Å². The number of hydrogen-bond acceptors (Lipinski definition) is 4. The van der Waals surface area contributed by atoms with Gasteiger partial charge in [0.15, 0.2) is 0 Å². The highest BCUT2D eigenvalue weighted by Crippen LogP contribution is 2.22. The second-order valence-electron chi connectivity index (χ2n) is 5.02. The molecule has 0 saturated carbocycles. The lowest BCUT2D eigenvalue weighted by Crippen LogP contribution is -2.42. The van der Waals surface area contributed by atoms with E-state index in [0.29, 0.717) is 0 Å². The summed E-state index contributed by atoms with van der Waals surface area (Å²) >= 11 is 0. The predicted molar refractivity (Wildman–Crippen MR) is 61.1 cm³/mol. The number of oxazole rings is 1. The van der Waals surface area contributed by atoms with Gasteiger partial charge in [0.2, 0.25) is 5.89 Å². The zero-order valence-electron chi connectivity index (χ0n) is 10.3. The lowest BCUT2D eigenvalue weighted by atomic mass is 9.94. The van der Waals surface area contributed by atoms with Gasteiger partial charge in [-0.3, -0.25) is 4.90 Å². The van der Waals surface area contributed by atoms with E-state index in [-0.39, 0.29) is 0 Å². The third-order valence-electron chi connectivity index (χ3n) is 3.36. The monoisotopic (exact) mass is 224 g/mol. The molecule has 0 aromatic carbocycles. The van der Waals surface area contributed by atoms with Crippen LogP contribution in [0, 0.1) is 13.8 Å². The molecule has 0 radical (unpaired) electrons. The average Bonchev–Trinajstić information content (AvgIpc) is 2.50. The number of rotatable bonds is 2. The van der Waals surface area contributed by atoms with Crippen molar-refractivity contribution in [3.05, 3.63) is 17.3 Å². The second kappa shape index (κ2) is 4.18. The summed E-state index contributed by atoms with van der Waals surface area (Å²) in [4.78, 5) is 6.65. The summed E-state index contributed by atoms with van der Waals surface area (Å²) in [6, 6.07) is 0. The van der Waals surface area contributed by atoms with Gasteiger partial charge in [-0.15, -0.1) is 0 Å². The van der Waals surface area contributed by atoms with E-state index >= 15 is 0 Å². The molecule has 1 fully saturated rings. The molecule has 1 aromatic heterocycles. The quantitative estimate of drug-likeness (QED) is 0.829. The molecule has 4 nitrogen and oxygen atoms in total. The van der Waals surface area contributed by atoms with Crippen molar-refractivity contribution in [2.45, 2.75) is 45.8 Å². The van der Waals surface area contributed by atoms with Gasteiger partial charge in [0.1, 0.15) is 5.76 Å². The van der Waals surface area contributed by atoms with Crippen molar-refractivity contribution in [3.63, 3.8) is 0 Å². The maximum Gasteiger partial charge on any atom is 0.208 e. The molecule has 2 heterocycles. The van der Waals surface area contributed by atoms with E-state index in [2.05, 4.69) is 9.88 Å². The minimum atomic E-state index is -0.487. The molecule has 90 valence electrons. The Morgan fingerprint density at radius 3 is 2.50 bits per heavy atom. The number of likely N-dealkylation sites (tertiary alicyclic amines) is 1. The number of aryl methyl sites for hydroxylation is 2. The Balaban J connectivity index is 1.92. The van der Waals surface area contributed by atoms with E-state index in [0.717, 1.165) is 49.8 Å². The lowest BCUT2D eigenvalue weighted by Gasteiger charge is -2.35. The molecule has 4 heteroatoms. The molecular formula is C12H20N2O2. The fraction of sp³-hybridized carbons (Fsp3) is 0.750. The van der Waals surface area contributed by atoms with Gasteiger partial charge in [0.05, 0.1) is 17.8 Å². The van der Waals surface area contributed by atoms with Crippen LogP contribution in [0.25, 0.3) is 0 Å². The maximum atomic E-state index is 9.84. The molecule has 0 atom stereocenters. The van der Waals surface area contributed by atoms with Crippen molar-refractivity contribution >= 4 is 0 Å². The molecule has 1 aliphatic heterocycles. The van der Waals surface area contributed by atoms with Gasteiger partial charge in [-0.05, 0) is 33.6 Å². The molecule has 1 N–H and O–H groups in total. The summed E-state index contributed by atoms with van der Waals surface area (Å²) in [7, 11) is 0. The first-order valence-corrected chi connectivity index (χ1v) is 5.84. The third kappa shape index (κ3) is 2.62. The van der Waals surface area contributed by atoms with Crippen LogP contribution in [0.15, 0.2) is 4.42 Å². The number of hydrogen-bond donors (Lipinski definition) is 1. The summed E-state index contributed by atoms with van der Waals surface area (Å²) in [5, 5.41) is 9.84. The van der Waals surface area contributed by atoms with Crippen LogP contribution in [0.1, 0.15) is 37.1 Å². The zero-order chi connectivity index (χ0) is 11.8. The fourth-order valence-electron chi connectivity index (χ4n) is 1.99. The first-order chi connectivity index (χ1) is 7.46. The molecule has 1 saturated heterocycles. The normalized spacial score (nSPS) is 21.2. The Bertz CT molecular complexity index is 342. The van der Waals surface area contributed by atoms with Crippen LogP contribution in [0.2, 0.25) is 0 Å². The largest absolute Gasteiger partial charge is 0.444 e. The number of piperidine rings is 1. The highest BCUT2D eigenvalue weighted by atomic mass is 16.4. The zero-order valence-corrected chi connectivity index (χ0v) is 10.3. The first kappa shape index (κ1) is 11.6. The van der Waals surface area contributed by atoms with Crippen molar-refractivity contribution in [1.82, 2.24) is 9.88 Å². The van der Waals surface area contributed by atoms with Crippen LogP contribution in [-0.4, -0.2) is 33.7 Å². The Morgan fingerprint density at radius 1 is 1.38 bits per heavy atom.